The number of hydrogen-bond acceptors (Lipinski definition) is 4. The first-order valence-electron chi connectivity index (χ1n) is 4.93. The van der Waals surface area contributed by atoms with Gasteiger partial charge in [-0.05, 0) is 13.0 Å². The number of carbonyl (C=O) groups excluding carboxylic acids is 1. The van der Waals surface area contributed by atoms with E-state index in [0.717, 1.165) is 5.69 Å². The first-order chi connectivity index (χ1) is 7.74. The molecule has 2 aromatic rings. The average molecular weight is 220 g/mol. The highest BCUT2D eigenvalue weighted by Gasteiger charge is 2.17. The summed E-state index contributed by atoms with van der Waals surface area (Å²) in [7, 11) is 1.80. The van der Waals surface area contributed by atoms with Gasteiger partial charge in [0.05, 0.1) is 24.2 Å². The van der Waals surface area contributed by atoms with Crippen LogP contribution in [0.4, 0.5) is 0 Å². The molecule has 84 valence electrons. The van der Waals surface area contributed by atoms with E-state index >= 15 is 0 Å². The smallest absolute Gasteiger partial charge is 0.342 e. The van der Waals surface area contributed by atoms with Crippen molar-refractivity contribution in [2.75, 3.05) is 6.61 Å². The minimum absolute atomic E-state index is 0.342. The highest BCUT2D eigenvalue weighted by atomic mass is 16.5. The number of aromatic amines is 1. The summed E-state index contributed by atoms with van der Waals surface area (Å²) in [5, 5.41) is 10.7. The van der Waals surface area contributed by atoms with Gasteiger partial charge in [-0.15, -0.1) is 0 Å². The zero-order valence-electron chi connectivity index (χ0n) is 9.10. The maximum atomic E-state index is 11.6. The number of nitrogens with one attached hydrogen (secondary N) is 1. The molecular weight excluding hydrogens is 208 g/mol. The lowest BCUT2D eigenvalue weighted by Gasteiger charge is -2.03. The second kappa shape index (κ2) is 4.18. The second-order valence-corrected chi connectivity index (χ2v) is 3.22. The highest BCUT2D eigenvalue weighted by Crippen LogP contribution is 2.20. The standard InChI is InChI=1S/C10H12N4O2/c1-3-16-10(15)7-6-11-13-9(7)8-4-5-12-14(8)2/h4-6H,3H2,1-2H3,(H,11,13). The molecule has 2 rings (SSSR count). The van der Waals surface area contributed by atoms with Crippen LogP contribution in [0.2, 0.25) is 0 Å². The lowest BCUT2D eigenvalue weighted by Crippen LogP contribution is -2.06. The highest BCUT2D eigenvalue weighted by molar-refractivity contribution is 5.95. The van der Waals surface area contributed by atoms with E-state index < -0.39 is 0 Å². The van der Waals surface area contributed by atoms with E-state index in [1.807, 2.05) is 0 Å². The molecule has 16 heavy (non-hydrogen) atoms. The molecule has 0 aliphatic carbocycles. The largest absolute Gasteiger partial charge is 0.462 e. The van der Waals surface area contributed by atoms with Gasteiger partial charge < -0.3 is 4.74 Å². The zero-order chi connectivity index (χ0) is 11.5. The Bertz CT molecular complexity index is 500. The van der Waals surface area contributed by atoms with E-state index in [0.29, 0.717) is 17.9 Å². The molecule has 1 N–H and O–H groups in total. The van der Waals surface area contributed by atoms with Gasteiger partial charge in [-0.2, -0.15) is 10.2 Å². The van der Waals surface area contributed by atoms with Crippen molar-refractivity contribution in [2.45, 2.75) is 6.92 Å². The summed E-state index contributed by atoms with van der Waals surface area (Å²) in [5.41, 5.74) is 1.84. The maximum absolute atomic E-state index is 11.6. The van der Waals surface area contributed by atoms with Crippen LogP contribution in [-0.2, 0) is 11.8 Å². The van der Waals surface area contributed by atoms with Crippen LogP contribution in [0.3, 0.4) is 0 Å². The van der Waals surface area contributed by atoms with E-state index in [1.165, 1.54) is 6.20 Å². The molecule has 0 unspecified atom stereocenters. The van der Waals surface area contributed by atoms with Crippen LogP contribution in [0.1, 0.15) is 17.3 Å². The van der Waals surface area contributed by atoms with E-state index in [2.05, 4.69) is 15.3 Å². The molecule has 6 heteroatoms. The molecule has 0 saturated carbocycles. The normalized spacial score (nSPS) is 10.4. The van der Waals surface area contributed by atoms with Crippen LogP contribution in [0, 0.1) is 0 Å². The Balaban J connectivity index is 2.40. The summed E-state index contributed by atoms with van der Waals surface area (Å²) >= 11 is 0. The van der Waals surface area contributed by atoms with Crippen LogP contribution in [0.15, 0.2) is 18.5 Å². The Morgan fingerprint density at radius 3 is 3.06 bits per heavy atom. The van der Waals surface area contributed by atoms with Crippen LogP contribution in [-0.4, -0.2) is 32.6 Å². The van der Waals surface area contributed by atoms with Gasteiger partial charge in [0.15, 0.2) is 0 Å². The fourth-order valence-electron chi connectivity index (χ4n) is 1.46. The van der Waals surface area contributed by atoms with Gasteiger partial charge in [-0.25, -0.2) is 4.79 Å². The van der Waals surface area contributed by atoms with Crippen molar-refractivity contribution in [3.63, 3.8) is 0 Å². The summed E-state index contributed by atoms with van der Waals surface area (Å²) in [5.74, 6) is -0.382. The quantitative estimate of drug-likeness (QED) is 0.783. The molecule has 2 heterocycles. The third-order valence-electron chi connectivity index (χ3n) is 2.21. The first-order valence-corrected chi connectivity index (χ1v) is 4.93. The SMILES string of the molecule is CCOC(=O)c1cn[nH]c1-c1ccnn1C. The molecule has 6 nitrogen and oxygen atoms in total. The molecule has 0 fully saturated rings. The Morgan fingerprint density at radius 2 is 2.44 bits per heavy atom. The van der Waals surface area contributed by atoms with Gasteiger partial charge in [-0.3, -0.25) is 9.78 Å². The fraction of sp³-hybridized carbons (Fsp3) is 0.300. The summed E-state index contributed by atoms with van der Waals surface area (Å²) in [6.07, 6.45) is 3.12. The molecule has 0 aromatic carbocycles. The lowest BCUT2D eigenvalue weighted by atomic mass is 10.2. The monoisotopic (exact) mass is 220 g/mol. The lowest BCUT2D eigenvalue weighted by molar-refractivity contribution is 0.0527. The van der Waals surface area contributed by atoms with Gasteiger partial charge >= 0.3 is 5.97 Å². The molecule has 0 radical (unpaired) electrons. The van der Waals surface area contributed by atoms with Gasteiger partial charge in [0.1, 0.15) is 5.56 Å². The molecule has 0 atom stereocenters. The van der Waals surface area contributed by atoms with Crippen LogP contribution < -0.4 is 0 Å². The average Bonchev–Trinajstić information content (AvgIpc) is 2.85. The molecule has 2 aromatic heterocycles. The van der Waals surface area contributed by atoms with E-state index in [9.17, 15) is 4.79 Å². The van der Waals surface area contributed by atoms with Crippen LogP contribution in [0.5, 0.6) is 0 Å². The predicted molar refractivity (Wildman–Crippen MR) is 56.7 cm³/mol. The molecular formula is C10H12N4O2. The Labute approximate surface area is 92.2 Å². The Morgan fingerprint density at radius 1 is 1.62 bits per heavy atom. The molecule has 0 spiro atoms. The summed E-state index contributed by atoms with van der Waals surface area (Å²) in [6.45, 7) is 2.11. The van der Waals surface area contributed by atoms with Crippen molar-refractivity contribution >= 4 is 5.97 Å². The summed E-state index contributed by atoms with van der Waals surface area (Å²) in [4.78, 5) is 11.6. The number of hydrogen-bond donors (Lipinski definition) is 1. The number of ether oxygens (including phenoxy) is 1. The van der Waals surface area contributed by atoms with Crippen molar-refractivity contribution < 1.29 is 9.53 Å². The fourth-order valence-corrected chi connectivity index (χ4v) is 1.46. The molecule has 0 saturated heterocycles. The predicted octanol–water partition coefficient (Wildman–Crippen LogP) is 0.987. The topological polar surface area (TPSA) is 72.8 Å². The number of nitrogens with zero attached hydrogens (tertiary/aromatic N) is 3. The summed E-state index contributed by atoms with van der Waals surface area (Å²) in [6, 6.07) is 1.80. The third kappa shape index (κ3) is 1.69. The van der Waals surface area contributed by atoms with E-state index in [-0.39, 0.29) is 5.97 Å². The van der Waals surface area contributed by atoms with Crippen LogP contribution >= 0.6 is 0 Å². The number of H-pyrrole nitrogens is 1. The second-order valence-electron chi connectivity index (χ2n) is 3.22. The Hall–Kier alpha value is -2.11. The third-order valence-corrected chi connectivity index (χ3v) is 2.21. The molecule has 0 aliphatic rings. The van der Waals surface area contributed by atoms with E-state index in [4.69, 9.17) is 4.74 Å². The number of carbonyl (C=O) groups is 1. The minimum Gasteiger partial charge on any atom is -0.462 e. The van der Waals surface area contributed by atoms with Crippen molar-refractivity contribution in [2.24, 2.45) is 7.05 Å². The van der Waals surface area contributed by atoms with Crippen LogP contribution in [0.25, 0.3) is 11.4 Å². The molecule has 0 amide bonds. The van der Waals surface area contributed by atoms with Crippen molar-refractivity contribution in [3.8, 4) is 11.4 Å². The van der Waals surface area contributed by atoms with Crippen molar-refractivity contribution in [3.05, 3.63) is 24.0 Å². The van der Waals surface area contributed by atoms with E-state index in [1.54, 1.807) is 30.9 Å². The first kappa shape index (κ1) is 10.4. The minimum atomic E-state index is -0.382. The number of rotatable bonds is 3. The summed E-state index contributed by atoms with van der Waals surface area (Å²) < 4.78 is 6.60. The Kier molecular flexibility index (Phi) is 2.72. The van der Waals surface area contributed by atoms with Gasteiger partial charge in [0.25, 0.3) is 0 Å². The van der Waals surface area contributed by atoms with Crippen molar-refractivity contribution in [1.29, 1.82) is 0 Å². The van der Waals surface area contributed by atoms with Gasteiger partial charge in [0.2, 0.25) is 0 Å². The van der Waals surface area contributed by atoms with Gasteiger partial charge in [0, 0.05) is 13.2 Å². The number of aryl methyl sites for hydroxylation is 1. The maximum Gasteiger partial charge on any atom is 0.342 e. The number of esters is 1. The number of aromatic nitrogens is 4. The molecule has 0 aliphatic heterocycles. The van der Waals surface area contributed by atoms with Gasteiger partial charge in [-0.1, -0.05) is 0 Å². The molecule has 0 bridgehead atoms. The van der Waals surface area contributed by atoms with Crippen molar-refractivity contribution in [1.82, 2.24) is 20.0 Å². The zero-order valence-corrected chi connectivity index (χ0v) is 9.10.